The molecule has 1 heterocycles. The summed E-state index contributed by atoms with van der Waals surface area (Å²) in [6, 6.07) is 0. The van der Waals surface area contributed by atoms with Crippen molar-refractivity contribution in [1.82, 2.24) is 9.97 Å². The average molecular weight is 208 g/mol. The van der Waals surface area contributed by atoms with Crippen molar-refractivity contribution >= 4 is 0 Å². The minimum Gasteiger partial charge on any atom is -0.385 e. The van der Waals surface area contributed by atoms with Crippen LogP contribution in [0.2, 0.25) is 0 Å². The van der Waals surface area contributed by atoms with E-state index < -0.39 is 0 Å². The van der Waals surface area contributed by atoms with E-state index in [2.05, 4.69) is 9.97 Å². The van der Waals surface area contributed by atoms with Crippen molar-refractivity contribution in [1.29, 1.82) is 0 Å². The Balaban J connectivity index is 2.13. The second kappa shape index (κ2) is 4.57. The van der Waals surface area contributed by atoms with E-state index in [-0.39, 0.29) is 5.56 Å². The van der Waals surface area contributed by atoms with Crippen LogP contribution >= 0.6 is 0 Å². The molecule has 0 fully saturated rings. The fraction of sp³-hybridized carbons (Fsp3) is 0.636. The molecule has 2 rings (SSSR count). The first-order valence-corrected chi connectivity index (χ1v) is 5.41. The molecule has 0 bridgehead atoms. The topological polar surface area (TPSA) is 55.0 Å². The van der Waals surface area contributed by atoms with Crippen LogP contribution in [0.1, 0.15) is 29.9 Å². The number of aromatic amines is 1. The summed E-state index contributed by atoms with van der Waals surface area (Å²) < 4.78 is 4.97. The minimum absolute atomic E-state index is 0.0601. The Hall–Kier alpha value is -1.16. The van der Waals surface area contributed by atoms with Crippen LogP contribution in [0.15, 0.2) is 4.79 Å². The normalized spacial score (nSPS) is 14.2. The second-order valence-electron chi connectivity index (χ2n) is 3.89. The first-order valence-electron chi connectivity index (χ1n) is 5.41. The lowest BCUT2D eigenvalue weighted by Crippen LogP contribution is -2.17. The number of aromatic nitrogens is 2. The predicted molar refractivity (Wildman–Crippen MR) is 57.1 cm³/mol. The van der Waals surface area contributed by atoms with Crippen molar-refractivity contribution in [3.63, 3.8) is 0 Å². The summed E-state index contributed by atoms with van der Waals surface area (Å²) in [5, 5.41) is 0. The van der Waals surface area contributed by atoms with Gasteiger partial charge in [0.1, 0.15) is 5.82 Å². The maximum absolute atomic E-state index is 11.6. The summed E-state index contributed by atoms with van der Waals surface area (Å²) in [6.45, 7) is 0.709. The molecule has 0 saturated heterocycles. The molecule has 1 aliphatic rings. The molecule has 0 saturated carbocycles. The van der Waals surface area contributed by atoms with Gasteiger partial charge in [-0.05, 0) is 25.7 Å². The van der Waals surface area contributed by atoms with Crippen molar-refractivity contribution < 1.29 is 4.74 Å². The van der Waals surface area contributed by atoms with Gasteiger partial charge in [-0.3, -0.25) is 4.79 Å². The summed E-state index contributed by atoms with van der Waals surface area (Å²) >= 11 is 0. The van der Waals surface area contributed by atoms with Crippen LogP contribution in [0.4, 0.5) is 0 Å². The molecular formula is C11H16N2O2. The Morgan fingerprint density at radius 3 is 3.13 bits per heavy atom. The number of nitrogens with one attached hydrogen (secondary N) is 1. The van der Waals surface area contributed by atoms with Gasteiger partial charge < -0.3 is 9.72 Å². The molecule has 82 valence electrons. The van der Waals surface area contributed by atoms with Crippen molar-refractivity contribution in [3.05, 3.63) is 27.4 Å². The van der Waals surface area contributed by atoms with Gasteiger partial charge in [-0.15, -0.1) is 0 Å². The van der Waals surface area contributed by atoms with Crippen LogP contribution in [0.25, 0.3) is 0 Å². The standard InChI is InChI=1S/C11H16N2O2/c1-15-7-3-6-10-12-9-5-2-4-8(9)11(14)13-10/h2-7H2,1H3,(H,12,13,14). The molecule has 0 aliphatic heterocycles. The molecule has 4 heteroatoms. The molecule has 1 aliphatic carbocycles. The molecule has 4 nitrogen and oxygen atoms in total. The molecule has 0 radical (unpaired) electrons. The Labute approximate surface area is 88.7 Å². The SMILES string of the molecule is COCCCc1nc2c(c(=O)[nH]1)CCC2. The van der Waals surface area contributed by atoms with Crippen LogP contribution in [0.3, 0.4) is 0 Å². The highest BCUT2D eigenvalue weighted by Gasteiger charge is 2.16. The molecule has 1 aromatic heterocycles. The lowest BCUT2D eigenvalue weighted by Gasteiger charge is -2.03. The fourth-order valence-electron chi connectivity index (χ4n) is 2.00. The van der Waals surface area contributed by atoms with E-state index in [0.717, 1.165) is 49.2 Å². The zero-order valence-corrected chi connectivity index (χ0v) is 9.01. The summed E-state index contributed by atoms with van der Waals surface area (Å²) in [5.74, 6) is 0.803. The number of fused-ring (bicyclic) bond motifs is 1. The molecule has 0 amide bonds. The van der Waals surface area contributed by atoms with Gasteiger partial charge in [0.2, 0.25) is 0 Å². The van der Waals surface area contributed by atoms with Crippen LogP contribution in [-0.2, 0) is 24.0 Å². The first kappa shape index (κ1) is 10.4. The van der Waals surface area contributed by atoms with E-state index in [1.165, 1.54) is 0 Å². The number of aryl methyl sites for hydroxylation is 2. The van der Waals surface area contributed by atoms with Gasteiger partial charge in [0.15, 0.2) is 0 Å². The van der Waals surface area contributed by atoms with Gasteiger partial charge in [0.25, 0.3) is 5.56 Å². The average Bonchev–Trinajstić information content (AvgIpc) is 2.66. The third kappa shape index (κ3) is 2.26. The van der Waals surface area contributed by atoms with E-state index in [1.807, 2.05) is 0 Å². The fourth-order valence-corrected chi connectivity index (χ4v) is 2.00. The van der Waals surface area contributed by atoms with Gasteiger partial charge in [0, 0.05) is 25.7 Å². The number of hydrogen-bond acceptors (Lipinski definition) is 3. The van der Waals surface area contributed by atoms with E-state index >= 15 is 0 Å². The molecule has 1 aromatic rings. The maximum Gasteiger partial charge on any atom is 0.254 e. The van der Waals surface area contributed by atoms with Crippen molar-refractivity contribution in [2.75, 3.05) is 13.7 Å². The largest absolute Gasteiger partial charge is 0.385 e. The number of rotatable bonds is 4. The highest BCUT2D eigenvalue weighted by atomic mass is 16.5. The molecule has 0 aromatic carbocycles. The van der Waals surface area contributed by atoms with Crippen molar-refractivity contribution in [3.8, 4) is 0 Å². The Morgan fingerprint density at radius 2 is 2.33 bits per heavy atom. The summed E-state index contributed by atoms with van der Waals surface area (Å²) in [5.41, 5.74) is 1.96. The quantitative estimate of drug-likeness (QED) is 0.746. The van der Waals surface area contributed by atoms with Crippen LogP contribution in [0.5, 0.6) is 0 Å². The predicted octanol–water partition coefficient (Wildman–Crippen LogP) is 0.838. The van der Waals surface area contributed by atoms with Crippen LogP contribution in [0, 0.1) is 0 Å². The zero-order valence-electron chi connectivity index (χ0n) is 9.01. The molecule has 0 spiro atoms. The lowest BCUT2D eigenvalue weighted by molar-refractivity contribution is 0.194. The van der Waals surface area contributed by atoms with Gasteiger partial charge in [-0.25, -0.2) is 4.98 Å². The van der Waals surface area contributed by atoms with Crippen molar-refractivity contribution in [2.24, 2.45) is 0 Å². The second-order valence-corrected chi connectivity index (χ2v) is 3.89. The lowest BCUT2D eigenvalue weighted by atomic mass is 10.2. The highest BCUT2D eigenvalue weighted by molar-refractivity contribution is 5.22. The molecule has 0 unspecified atom stereocenters. The van der Waals surface area contributed by atoms with E-state index in [1.54, 1.807) is 7.11 Å². The van der Waals surface area contributed by atoms with Gasteiger partial charge >= 0.3 is 0 Å². The van der Waals surface area contributed by atoms with Gasteiger partial charge in [-0.1, -0.05) is 0 Å². The molecular weight excluding hydrogens is 192 g/mol. The number of H-pyrrole nitrogens is 1. The molecule has 0 atom stereocenters. The van der Waals surface area contributed by atoms with Crippen LogP contribution < -0.4 is 5.56 Å². The molecule has 1 N–H and O–H groups in total. The smallest absolute Gasteiger partial charge is 0.254 e. The van der Waals surface area contributed by atoms with Crippen molar-refractivity contribution in [2.45, 2.75) is 32.1 Å². The minimum atomic E-state index is 0.0601. The Kier molecular flexibility index (Phi) is 3.16. The summed E-state index contributed by atoms with van der Waals surface area (Å²) in [7, 11) is 1.68. The zero-order chi connectivity index (χ0) is 10.7. The maximum atomic E-state index is 11.6. The van der Waals surface area contributed by atoms with E-state index in [4.69, 9.17) is 4.74 Å². The third-order valence-corrected chi connectivity index (χ3v) is 2.75. The highest BCUT2D eigenvalue weighted by Crippen LogP contribution is 2.15. The van der Waals surface area contributed by atoms with Gasteiger partial charge in [0.05, 0.1) is 5.69 Å². The number of nitrogens with zero attached hydrogens (tertiary/aromatic N) is 1. The molecule has 15 heavy (non-hydrogen) atoms. The Morgan fingerprint density at radius 1 is 1.47 bits per heavy atom. The Bertz CT molecular complexity index is 398. The van der Waals surface area contributed by atoms with E-state index in [0.29, 0.717) is 6.61 Å². The monoisotopic (exact) mass is 208 g/mol. The number of methoxy groups -OCH3 is 1. The van der Waals surface area contributed by atoms with Gasteiger partial charge in [-0.2, -0.15) is 0 Å². The van der Waals surface area contributed by atoms with Crippen LogP contribution in [-0.4, -0.2) is 23.7 Å². The summed E-state index contributed by atoms with van der Waals surface area (Å²) in [4.78, 5) is 19.0. The van der Waals surface area contributed by atoms with E-state index in [9.17, 15) is 4.79 Å². The summed E-state index contributed by atoms with van der Waals surface area (Å²) in [6.07, 6.45) is 4.59. The number of hydrogen-bond donors (Lipinski definition) is 1. The third-order valence-electron chi connectivity index (χ3n) is 2.75. The number of ether oxygens (including phenoxy) is 1. The first-order chi connectivity index (χ1) is 7.31.